The zero-order valence-corrected chi connectivity index (χ0v) is 21.1. The Morgan fingerprint density at radius 2 is 1.58 bits per heavy atom. The van der Waals surface area contributed by atoms with Gasteiger partial charge in [0.05, 0.1) is 16.9 Å². The van der Waals surface area contributed by atoms with Crippen molar-refractivity contribution in [3.05, 3.63) is 59.2 Å². The number of carbonyl (C=O) groups is 3. The number of aliphatic hydroxyl groups is 1. The van der Waals surface area contributed by atoms with E-state index in [1.807, 2.05) is 53.7 Å². The van der Waals surface area contributed by atoms with Gasteiger partial charge in [-0.25, -0.2) is 0 Å². The van der Waals surface area contributed by atoms with Crippen LogP contribution in [0.4, 0.5) is 0 Å². The zero-order valence-electron chi connectivity index (χ0n) is 21.1. The summed E-state index contributed by atoms with van der Waals surface area (Å²) in [7, 11) is 0. The molecule has 0 saturated heterocycles. The maximum atomic E-state index is 14.2. The summed E-state index contributed by atoms with van der Waals surface area (Å²) < 4.78 is 0. The predicted molar refractivity (Wildman–Crippen MR) is 131 cm³/mol. The van der Waals surface area contributed by atoms with Crippen LogP contribution < -0.4 is 0 Å². The van der Waals surface area contributed by atoms with Crippen molar-refractivity contribution in [2.45, 2.75) is 73.8 Å². The first-order valence-corrected chi connectivity index (χ1v) is 11.9. The molecule has 1 aromatic rings. The number of hydrogen-bond acceptors (Lipinski definition) is 4. The Labute approximate surface area is 198 Å². The highest BCUT2D eigenvalue weighted by molar-refractivity contribution is 6.23. The first-order chi connectivity index (χ1) is 15.3. The molecular formula is C29H38O4. The molecule has 0 aromatic heterocycles. The molecule has 0 aliphatic heterocycles. The van der Waals surface area contributed by atoms with Crippen molar-refractivity contribution >= 4 is 17.3 Å². The smallest absolute Gasteiger partial charge is 0.176 e. The fraction of sp³-hybridized carbons (Fsp3) is 0.552. The fourth-order valence-electron chi connectivity index (χ4n) is 5.94. The normalized spacial score (nSPS) is 32.8. The molecule has 2 aliphatic carbocycles. The standard InChI is InChI=1S/C29H38O4/c1-18(2)13-14-21-17-29(16-15-19(3)4)25(32)22(23(30)20-11-9-8-10-12-20)24(31)28(7,26(29)33)27(21,5)6/h8-13,15,21-22,24,31H,14,16-17H2,1-7H3/t21-,22?,24?,28+,29+/m0/s1. The molecule has 5 atom stereocenters. The minimum Gasteiger partial charge on any atom is -0.391 e. The topological polar surface area (TPSA) is 71.4 Å². The molecule has 4 nitrogen and oxygen atoms in total. The number of carbonyl (C=O) groups excluding carboxylic acids is 3. The van der Waals surface area contributed by atoms with Gasteiger partial charge in [0.25, 0.3) is 0 Å². The van der Waals surface area contributed by atoms with E-state index in [4.69, 9.17) is 0 Å². The van der Waals surface area contributed by atoms with E-state index in [9.17, 15) is 19.5 Å². The van der Waals surface area contributed by atoms with Crippen LogP contribution in [-0.4, -0.2) is 28.6 Å². The fourth-order valence-corrected chi connectivity index (χ4v) is 5.94. The van der Waals surface area contributed by atoms with Crippen LogP contribution >= 0.6 is 0 Å². The molecule has 0 spiro atoms. The average Bonchev–Trinajstić information content (AvgIpc) is 2.76. The van der Waals surface area contributed by atoms with Gasteiger partial charge in [0.15, 0.2) is 17.3 Å². The molecule has 0 heterocycles. The van der Waals surface area contributed by atoms with Crippen molar-refractivity contribution in [3.8, 4) is 0 Å². The molecule has 4 heteroatoms. The number of fused-ring (bicyclic) bond motifs is 2. The van der Waals surface area contributed by atoms with E-state index in [2.05, 4.69) is 6.08 Å². The van der Waals surface area contributed by atoms with Gasteiger partial charge in [-0.15, -0.1) is 0 Å². The van der Waals surface area contributed by atoms with Crippen LogP contribution in [0.2, 0.25) is 0 Å². The lowest BCUT2D eigenvalue weighted by atomic mass is 9.38. The Hall–Kier alpha value is -2.33. The van der Waals surface area contributed by atoms with Gasteiger partial charge in [0.2, 0.25) is 0 Å². The van der Waals surface area contributed by atoms with Crippen LogP contribution in [0.3, 0.4) is 0 Å². The van der Waals surface area contributed by atoms with Crippen molar-refractivity contribution in [2.75, 3.05) is 0 Å². The third kappa shape index (κ3) is 3.86. The van der Waals surface area contributed by atoms with E-state index < -0.39 is 39.8 Å². The van der Waals surface area contributed by atoms with E-state index in [0.717, 1.165) is 12.0 Å². The Kier molecular flexibility index (Phi) is 6.74. The van der Waals surface area contributed by atoms with Gasteiger partial charge in [-0.05, 0) is 65.2 Å². The minimum absolute atomic E-state index is 0.0204. The Morgan fingerprint density at radius 3 is 2.12 bits per heavy atom. The summed E-state index contributed by atoms with van der Waals surface area (Å²) in [4.78, 5) is 41.8. The number of allylic oxidation sites excluding steroid dienone is 4. The van der Waals surface area contributed by atoms with Gasteiger partial charge in [-0.1, -0.05) is 67.5 Å². The van der Waals surface area contributed by atoms with Crippen LogP contribution in [0.5, 0.6) is 0 Å². The summed E-state index contributed by atoms with van der Waals surface area (Å²) in [6.45, 7) is 13.8. The van der Waals surface area contributed by atoms with Gasteiger partial charge in [0, 0.05) is 5.56 Å². The first-order valence-electron chi connectivity index (χ1n) is 11.9. The minimum atomic E-state index is -1.37. The predicted octanol–water partition coefficient (Wildman–Crippen LogP) is 5.75. The molecule has 178 valence electrons. The second kappa shape index (κ2) is 8.79. The van der Waals surface area contributed by atoms with Crippen molar-refractivity contribution in [1.82, 2.24) is 0 Å². The largest absolute Gasteiger partial charge is 0.391 e. The number of benzene rings is 1. The monoisotopic (exact) mass is 450 g/mol. The summed E-state index contributed by atoms with van der Waals surface area (Å²) >= 11 is 0. The van der Waals surface area contributed by atoms with Crippen LogP contribution in [0.25, 0.3) is 0 Å². The van der Waals surface area contributed by atoms with Gasteiger partial charge in [0.1, 0.15) is 5.92 Å². The molecule has 1 aromatic carbocycles. The quantitative estimate of drug-likeness (QED) is 0.340. The van der Waals surface area contributed by atoms with Gasteiger partial charge in [-0.2, -0.15) is 0 Å². The maximum Gasteiger partial charge on any atom is 0.176 e. The highest BCUT2D eigenvalue weighted by Crippen LogP contribution is 2.65. The average molecular weight is 451 g/mol. The lowest BCUT2D eigenvalue weighted by Gasteiger charge is -2.63. The van der Waals surface area contributed by atoms with E-state index in [1.165, 1.54) is 5.57 Å². The van der Waals surface area contributed by atoms with Crippen molar-refractivity contribution in [1.29, 1.82) is 0 Å². The van der Waals surface area contributed by atoms with Crippen molar-refractivity contribution < 1.29 is 19.5 Å². The van der Waals surface area contributed by atoms with Gasteiger partial charge >= 0.3 is 0 Å². The molecular weight excluding hydrogens is 412 g/mol. The number of rotatable bonds is 6. The molecule has 2 fully saturated rings. The number of hydrogen-bond donors (Lipinski definition) is 1. The Morgan fingerprint density at radius 1 is 1.00 bits per heavy atom. The van der Waals surface area contributed by atoms with Crippen LogP contribution in [0, 0.1) is 28.1 Å². The lowest BCUT2D eigenvalue weighted by Crippen LogP contribution is -2.72. The summed E-state index contributed by atoms with van der Waals surface area (Å²) in [5, 5.41) is 11.6. The number of ketones is 3. The van der Waals surface area contributed by atoms with E-state index in [1.54, 1.807) is 31.2 Å². The van der Waals surface area contributed by atoms with Gasteiger partial charge < -0.3 is 5.11 Å². The molecule has 2 bridgehead atoms. The number of Topliss-reactive ketones (excluding diaryl/α,β-unsaturated/α-hetero) is 3. The Balaban J connectivity index is 2.22. The van der Waals surface area contributed by atoms with Crippen LogP contribution in [0.15, 0.2) is 53.6 Å². The third-order valence-corrected chi connectivity index (χ3v) is 8.53. The highest BCUT2D eigenvalue weighted by atomic mass is 16.3. The second-order valence-corrected chi connectivity index (χ2v) is 11.3. The molecule has 0 amide bonds. The van der Waals surface area contributed by atoms with Crippen molar-refractivity contribution in [3.63, 3.8) is 0 Å². The van der Waals surface area contributed by atoms with E-state index in [0.29, 0.717) is 12.0 Å². The molecule has 2 saturated carbocycles. The number of aliphatic hydroxyl groups excluding tert-OH is 1. The second-order valence-electron chi connectivity index (χ2n) is 11.3. The van der Waals surface area contributed by atoms with Crippen LogP contribution in [0.1, 0.15) is 78.1 Å². The van der Waals surface area contributed by atoms with Gasteiger partial charge in [-0.3, -0.25) is 14.4 Å². The summed E-state index contributed by atoms with van der Waals surface area (Å²) in [5.74, 6) is -2.24. The van der Waals surface area contributed by atoms with E-state index in [-0.39, 0.29) is 18.1 Å². The summed E-state index contributed by atoms with van der Waals surface area (Å²) in [6.07, 6.45) is 4.12. The zero-order chi connectivity index (χ0) is 24.8. The lowest BCUT2D eigenvalue weighted by molar-refractivity contribution is -0.197. The highest BCUT2D eigenvalue weighted by Gasteiger charge is 2.73. The van der Waals surface area contributed by atoms with Crippen molar-refractivity contribution in [2.24, 2.45) is 28.1 Å². The summed E-state index contributed by atoms with van der Waals surface area (Å²) in [5.41, 5.74) is -0.517. The molecule has 1 N–H and O–H groups in total. The molecule has 2 unspecified atom stereocenters. The molecule has 3 rings (SSSR count). The van der Waals surface area contributed by atoms with E-state index >= 15 is 0 Å². The molecule has 0 radical (unpaired) electrons. The first kappa shape index (κ1) is 25.3. The SMILES string of the molecule is CC(C)=CC[C@H]1C[C@]2(CC=C(C)C)C(=O)C(C(=O)c3ccccc3)C(O)[C@](C)(C2=O)C1(C)C. The molecule has 33 heavy (non-hydrogen) atoms. The van der Waals surface area contributed by atoms with Crippen LogP contribution in [-0.2, 0) is 9.59 Å². The maximum absolute atomic E-state index is 14.2. The summed E-state index contributed by atoms with van der Waals surface area (Å²) in [6, 6.07) is 8.64. The molecule has 2 aliphatic rings. The third-order valence-electron chi connectivity index (χ3n) is 8.53. The Bertz CT molecular complexity index is 1010.